The van der Waals surface area contributed by atoms with Crippen molar-refractivity contribution in [2.75, 3.05) is 37.7 Å². The SMILES string of the molecule is O=C(O)CN1C(=O)[C@@H](NC(CCCCCCN2CCCCC2)C(=O)O)COc2ccccc21. The number of unbranched alkanes of at least 4 members (excludes halogenated alkanes) is 3. The molecule has 2 aliphatic heterocycles. The van der Waals surface area contributed by atoms with Crippen molar-refractivity contribution in [3.05, 3.63) is 24.3 Å². The second-order valence-electron chi connectivity index (χ2n) is 8.81. The van der Waals surface area contributed by atoms with Gasteiger partial charge in [0.15, 0.2) is 0 Å². The number of hydrogen-bond acceptors (Lipinski definition) is 6. The molecule has 33 heavy (non-hydrogen) atoms. The quantitative estimate of drug-likeness (QED) is 0.406. The molecule has 1 aromatic carbocycles. The van der Waals surface area contributed by atoms with E-state index in [1.165, 1.54) is 32.4 Å². The number of nitrogens with zero attached hydrogens (tertiary/aromatic N) is 2. The Morgan fingerprint density at radius 2 is 1.79 bits per heavy atom. The molecule has 2 heterocycles. The van der Waals surface area contributed by atoms with E-state index in [4.69, 9.17) is 4.74 Å². The molecule has 3 rings (SSSR count). The summed E-state index contributed by atoms with van der Waals surface area (Å²) in [6.07, 6.45) is 8.13. The van der Waals surface area contributed by atoms with Crippen LogP contribution in [0.4, 0.5) is 5.69 Å². The molecule has 2 aliphatic rings. The van der Waals surface area contributed by atoms with E-state index in [-0.39, 0.29) is 6.61 Å². The Kier molecular flexibility index (Phi) is 9.50. The molecule has 9 nitrogen and oxygen atoms in total. The van der Waals surface area contributed by atoms with E-state index in [9.17, 15) is 24.6 Å². The highest BCUT2D eigenvalue weighted by molar-refractivity contribution is 6.02. The van der Waals surface area contributed by atoms with E-state index < -0.39 is 36.5 Å². The number of carboxylic acids is 2. The van der Waals surface area contributed by atoms with E-state index in [1.54, 1.807) is 24.3 Å². The first-order chi connectivity index (χ1) is 16.0. The fourth-order valence-corrected chi connectivity index (χ4v) is 4.51. The third kappa shape index (κ3) is 7.43. The normalized spacial score (nSPS) is 19.9. The van der Waals surface area contributed by atoms with Crippen molar-refractivity contribution in [2.45, 2.75) is 63.5 Å². The first kappa shape index (κ1) is 25.0. The number of carbonyl (C=O) groups excluding carboxylic acids is 1. The highest BCUT2D eigenvalue weighted by atomic mass is 16.5. The predicted octanol–water partition coefficient (Wildman–Crippen LogP) is 2.34. The number of piperidine rings is 1. The molecule has 0 radical (unpaired) electrons. The molecule has 1 unspecified atom stereocenters. The summed E-state index contributed by atoms with van der Waals surface area (Å²) in [5.74, 6) is -2.28. The second-order valence-corrected chi connectivity index (χ2v) is 8.81. The van der Waals surface area contributed by atoms with Crippen molar-refractivity contribution in [3.8, 4) is 5.75 Å². The van der Waals surface area contributed by atoms with Crippen LogP contribution in [0.25, 0.3) is 0 Å². The summed E-state index contributed by atoms with van der Waals surface area (Å²) >= 11 is 0. The number of aliphatic carboxylic acids is 2. The van der Waals surface area contributed by atoms with E-state index in [0.29, 0.717) is 17.9 Å². The van der Waals surface area contributed by atoms with Gasteiger partial charge in [-0.15, -0.1) is 0 Å². The summed E-state index contributed by atoms with van der Waals surface area (Å²) in [5.41, 5.74) is 0.370. The number of likely N-dealkylation sites (tertiary alicyclic amines) is 1. The number of fused-ring (bicyclic) bond motifs is 1. The average molecular weight is 462 g/mol. The van der Waals surface area contributed by atoms with Crippen LogP contribution in [-0.2, 0) is 14.4 Å². The zero-order valence-corrected chi connectivity index (χ0v) is 19.1. The smallest absolute Gasteiger partial charge is 0.323 e. The van der Waals surface area contributed by atoms with Gasteiger partial charge in [0.1, 0.15) is 31.0 Å². The van der Waals surface area contributed by atoms with Crippen molar-refractivity contribution in [1.29, 1.82) is 0 Å². The summed E-state index contributed by atoms with van der Waals surface area (Å²) in [6, 6.07) is 4.87. The molecule has 0 aliphatic carbocycles. The Labute approximate surface area is 194 Å². The van der Waals surface area contributed by atoms with Crippen molar-refractivity contribution in [1.82, 2.24) is 10.2 Å². The molecule has 3 N–H and O–H groups in total. The van der Waals surface area contributed by atoms with Crippen LogP contribution in [0.15, 0.2) is 24.3 Å². The second kappa shape index (κ2) is 12.6. The largest absolute Gasteiger partial charge is 0.489 e. The number of benzene rings is 1. The molecule has 0 aromatic heterocycles. The standard InChI is InChI=1S/C24H35N3O6/c28-22(29)16-27-20-11-5-6-12-21(20)33-17-19(23(27)30)25-18(24(31)32)10-4-1-2-7-13-26-14-8-3-9-15-26/h5-6,11-12,18-19,25H,1-4,7-10,13-17H2,(H,28,29)(H,31,32)/t18?,19-/m0/s1. The third-order valence-electron chi connectivity index (χ3n) is 6.29. The van der Waals surface area contributed by atoms with Crippen molar-refractivity contribution < 1.29 is 29.3 Å². The first-order valence-corrected chi connectivity index (χ1v) is 11.9. The highest BCUT2D eigenvalue weighted by Crippen LogP contribution is 2.31. The van der Waals surface area contributed by atoms with Gasteiger partial charge in [-0.2, -0.15) is 0 Å². The molecule has 9 heteroatoms. The first-order valence-electron chi connectivity index (χ1n) is 11.9. The van der Waals surface area contributed by atoms with E-state index in [2.05, 4.69) is 10.2 Å². The number of carboxylic acid groups (broad SMARTS) is 2. The van der Waals surface area contributed by atoms with Gasteiger partial charge < -0.3 is 19.8 Å². The average Bonchev–Trinajstić information content (AvgIpc) is 2.93. The summed E-state index contributed by atoms with van der Waals surface area (Å²) < 4.78 is 5.72. The van der Waals surface area contributed by atoms with Gasteiger partial charge in [-0.1, -0.05) is 37.8 Å². The lowest BCUT2D eigenvalue weighted by atomic mass is 10.1. The van der Waals surface area contributed by atoms with Crippen LogP contribution in [0.3, 0.4) is 0 Å². The molecule has 1 aromatic rings. The third-order valence-corrected chi connectivity index (χ3v) is 6.29. The van der Waals surface area contributed by atoms with E-state index in [0.717, 1.165) is 37.1 Å². The van der Waals surface area contributed by atoms with Crippen LogP contribution in [-0.4, -0.2) is 77.8 Å². The number of hydrogen-bond donors (Lipinski definition) is 3. The van der Waals surface area contributed by atoms with E-state index in [1.807, 2.05) is 0 Å². The Bertz CT molecular complexity index is 811. The van der Waals surface area contributed by atoms with Crippen LogP contribution >= 0.6 is 0 Å². The zero-order chi connectivity index (χ0) is 23.6. The van der Waals surface area contributed by atoms with Crippen LogP contribution in [0.2, 0.25) is 0 Å². The van der Waals surface area contributed by atoms with Gasteiger partial charge in [-0.25, -0.2) is 0 Å². The number of ether oxygens (including phenoxy) is 1. The highest BCUT2D eigenvalue weighted by Gasteiger charge is 2.35. The summed E-state index contributed by atoms with van der Waals surface area (Å²) in [7, 11) is 0. The number of anilines is 1. The number of carbonyl (C=O) groups is 3. The zero-order valence-electron chi connectivity index (χ0n) is 19.1. The predicted molar refractivity (Wildman–Crippen MR) is 124 cm³/mol. The minimum absolute atomic E-state index is 0.0639. The minimum atomic E-state index is -1.15. The van der Waals surface area contributed by atoms with Crippen molar-refractivity contribution >= 4 is 23.5 Å². The van der Waals surface area contributed by atoms with Crippen molar-refractivity contribution in [3.63, 3.8) is 0 Å². The molecule has 1 amide bonds. The van der Waals surface area contributed by atoms with Crippen LogP contribution in [0, 0.1) is 0 Å². The van der Waals surface area contributed by atoms with Gasteiger partial charge in [0.25, 0.3) is 0 Å². The Morgan fingerprint density at radius 1 is 1.06 bits per heavy atom. The number of para-hydroxylation sites is 2. The molecule has 1 fully saturated rings. The Morgan fingerprint density at radius 3 is 2.52 bits per heavy atom. The van der Waals surface area contributed by atoms with Gasteiger partial charge in [0, 0.05) is 0 Å². The molecule has 0 spiro atoms. The monoisotopic (exact) mass is 461 g/mol. The number of nitrogens with one attached hydrogen (secondary N) is 1. The van der Waals surface area contributed by atoms with Crippen LogP contribution < -0.4 is 15.0 Å². The molecular weight excluding hydrogens is 426 g/mol. The number of amides is 1. The fraction of sp³-hybridized carbons (Fsp3) is 0.625. The molecule has 182 valence electrons. The number of rotatable bonds is 12. The van der Waals surface area contributed by atoms with Crippen LogP contribution in [0.5, 0.6) is 5.75 Å². The maximum atomic E-state index is 13.1. The van der Waals surface area contributed by atoms with Gasteiger partial charge >= 0.3 is 11.9 Å². The van der Waals surface area contributed by atoms with Gasteiger partial charge in [0.05, 0.1) is 5.69 Å². The molecule has 1 saturated heterocycles. The maximum absolute atomic E-state index is 13.1. The fourth-order valence-electron chi connectivity index (χ4n) is 4.51. The van der Waals surface area contributed by atoms with Gasteiger partial charge in [-0.3, -0.25) is 24.6 Å². The molecule has 0 bridgehead atoms. The molecular formula is C24H35N3O6. The summed E-state index contributed by atoms with van der Waals surface area (Å²) in [4.78, 5) is 39.9. The summed E-state index contributed by atoms with van der Waals surface area (Å²) in [5, 5.41) is 21.9. The van der Waals surface area contributed by atoms with Gasteiger partial charge in [-0.05, 0) is 57.5 Å². The van der Waals surface area contributed by atoms with Crippen molar-refractivity contribution in [2.24, 2.45) is 0 Å². The summed E-state index contributed by atoms with van der Waals surface area (Å²) in [6.45, 7) is 2.89. The Hall–Kier alpha value is -2.65. The molecule has 2 atom stereocenters. The lowest BCUT2D eigenvalue weighted by Crippen LogP contribution is -2.54. The van der Waals surface area contributed by atoms with Gasteiger partial charge in [0.2, 0.25) is 5.91 Å². The topological polar surface area (TPSA) is 119 Å². The molecule has 0 saturated carbocycles. The lowest BCUT2D eigenvalue weighted by Gasteiger charge is -2.26. The minimum Gasteiger partial charge on any atom is -0.489 e. The van der Waals surface area contributed by atoms with E-state index >= 15 is 0 Å². The van der Waals surface area contributed by atoms with Crippen LogP contribution in [0.1, 0.15) is 51.4 Å². The maximum Gasteiger partial charge on any atom is 0.323 e. The Balaban J connectivity index is 1.51. The lowest BCUT2D eigenvalue weighted by molar-refractivity contribution is -0.141.